The van der Waals surface area contributed by atoms with Crippen molar-refractivity contribution in [1.82, 2.24) is 0 Å². The van der Waals surface area contributed by atoms with Crippen LogP contribution in [0.15, 0.2) is 85.0 Å². The number of allylic oxidation sites excluding steroid dienone is 4. The predicted octanol–water partition coefficient (Wildman–Crippen LogP) is 6.98. The zero-order chi connectivity index (χ0) is 17.6. The van der Waals surface area contributed by atoms with Crippen molar-refractivity contribution in [2.45, 2.75) is 20.3 Å². The van der Waals surface area contributed by atoms with E-state index in [4.69, 9.17) is 0 Å². The molecule has 0 bridgehead atoms. The lowest BCUT2D eigenvalue weighted by atomic mass is 10.1. The summed E-state index contributed by atoms with van der Waals surface area (Å²) < 4.78 is 0. The number of anilines is 2. The van der Waals surface area contributed by atoms with Crippen LogP contribution in [0, 0.1) is 0 Å². The van der Waals surface area contributed by atoms with Crippen molar-refractivity contribution >= 4 is 27.7 Å². The predicted molar refractivity (Wildman–Crippen MR) is 112 cm³/mol. The Morgan fingerprint density at radius 3 is 2.12 bits per heavy atom. The van der Waals surface area contributed by atoms with E-state index in [1.54, 1.807) is 0 Å². The molecule has 0 atom stereocenters. The van der Waals surface area contributed by atoms with Crippen LogP contribution in [-0.2, 0) is 0 Å². The normalized spacial score (nSPS) is 12.5. The second-order valence-corrected chi connectivity index (χ2v) is 5.93. The maximum absolute atomic E-state index is 2.27. The van der Waals surface area contributed by atoms with Crippen LogP contribution in [-0.4, -0.2) is 7.05 Å². The second-order valence-electron chi connectivity index (χ2n) is 5.93. The molecule has 0 N–H and O–H groups in total. The fourth-order valence-corrected chi connectivity index (χ4v) is 3.08. The zero-order valence-electron chi connectivity index (χ0n) is 15.2. The van der Waals surface area contributed by atoms with Crippen molar-refractivity contribution in [3.63, 3.8) is 0 Å². The molecular weight excluding hydrogens is 302 g/mol. The molecule has 3 aromatic rings. The van der Waals surface area contributed by atoms with Crippen molar-refractivity contribution in [1.29, 1.82) is 0 Å². The van der Waals surface area contributed by atoms with Crippen LogP contribution in [0.4, 0.5) is 11.4 Å². The molecule has 0 saturated heterocycles. The van der Waals surface area contributed by atoms with E-state index in [9.17, 15) is 0 Å². The molecule has 0 unspecified atom stereocenters. The van der Waals surface area contributed by atoms with E-state index in [-0.39, 0.29) is 0 Å². The number of rotatable bonds is 3. The van der Waals surface area contributed by atoms with Gasteiger partial charge < -0.3 is 4.90 Å². The molecule has 1 aliphatic carbocycles. The summed E-state index contributed by atoms with van der Waals surface area (Å²) >= 11 is 0. The van der Waals surface area contributed by atoms with Crippen LogP contribution in [0.5, 0.6) is 0 Å². The van der Waals surface area contributed by atoms with Gasteiger partial charge in [0.25, 0.3) is 0 Å². The lowest BCUT2D eigenvalue weighted by Crippen LogP contribution is -2.09. The monoisotopic (exact) mass is 327 g/mol. The third-order valence-electron chi connectivity index (χ3n) is 4.48. The molecule has 1 heteroatoms. The van der Waals surface area contributed by atoms with E-state index in [1.807, 2.05) is 13.8 Å². The molecule has 126 valence electrons. The van der Waals surface area contributed by atoms with E-state index in [0.717, 1.165) is 6.42 Å². The van der Waals surface area contributed by atoms with Crippen LogP contribution in [0.1, 0.15) is 25.8 Å². The largest absolute Gasteiger partial charge is 0.345 e. The Morgan fingerprint density at radius 2 is 1.44 bits per heavy atom. The van der Waals surface area contributed by atoms with Gasteiger partial charge in [-0.2, -0.15) is 0 Å². The fourth-order valence-electron chi connectivity index (χ4n) is 3.08. The van der Waals surface area contributed by atoms with E-state index >= 15 is 0 Å². The van der Waals surface area contributed by atoms with Crippen molar-refractivity contribution in [3.8, 4) is 0 Å². The first-order valence-electron chi connectivity index (χ1n) is 9.01. The number of nitrogens with zero attached hydrogens (tertiary/aromatic N) is 1. The summed E-state index contributed by atoms with van der Waals surface area (Å²) in [4.78, 5) is 2.23. The minimum Gasteiger partial charge on any atom is -0.345 e. The molecule has 0 radical (unpaired) electrons. The van der Waals surface area contributed by atoms with Gasteiger partial charge in [0.15, 0.2) is 0 Å². The molecule has 3 aromatic carbocycles. The first kappa shape index (κ1) is 17.0. The standard InChI is InChI=1S/C22H19N.C2H6/c1-23(22-15-12-18-8-4-5-9-20(18)16-22)21-13-10-19(11-14-21)17-6-2-3-7-17;1-2/h2,4-16H,3H2,1H3;1-2H3. The van der Waals surface area contributed by atoms with E-state index in [1.165, 1.54) is 33.3 Å². The van der Waals surface area contributed by atoms with Crippen LogP contribution < -0.4 is 4.90 Å². The van der Waals surface area contributed by atoms with Gasteiger partial charge in [-0.25, -0.2) is 0 Å². The Labute approximate surface area is 150 Å². The summed E-state index contributed by atoms with van der Waals surface area (Å²) in [6.07, 6.45) is 7.71. The van der Waals surface area contributed by atoms with Gasteiger partial charge in [-0.15, -0.1) is 0 Å². The summed E-state index contributed by atoms with van der Waals surface area (Å²) in [6, 6.07) is 23.9. The van der Waals surface area contributed by atoms with Gasteiger partial charge in [0, 0.05) is 18.4 Å². The minimum atomic E-state index is 1.05. The molecule has 0 aliphatic heterocycles. The Hall–Kier alpha value is -2.80. The summed E-state index contributed by atoms with van der Waals surface area (Å²) in [5, 5.41) is 2.55. The third kappa shape index (κ3) is 3.66. The van der Waals surface area contributed by atoms with Crippen LogP contribution in [0.25, 0.3) is 16.3 Å². The summed E-state index contributed by atoms with van der Waals surface area (Å²) in [6.45, 7) is 4.00. The highest BCUT2D eigenvalue weighted by Crippen LogP contribution is 2.29. The maximum Gasteiger partial charge on any atom is 0.0414 e. The maximum atomic E-state index is 2.27. The van der Waals surface area contributed by atoms with Crippen molar-refractivity contribution in [2.24, 2.45) is 0 Å². The Morgan fingerprint density at radius 1 is 0.760 bits per heavy atom. The van der Waals surface area contributed by atoms with Crippen LogP contribution >= 0.6 is 0 Å². The Balaban J connectivity index is 0.000000880. The average Bonchev–Trinajstić information content (AvgIpc) is 3.23. The molecule has 0 fully saturated rings. The summed E-state index contributed by atoms with van der Waals surface area (Å²) in [5.41, 5.74) is 5.02. The van der Waals surface area contributed by atoms with Gasteiger partial charge in [-0.1, -0.05) is 74.5 Å². The van der Waals surface area contributed by atoms with Crippen LogP contribution in [0.3, 0.4) is 0 Å². The first-order valence-corrected chi connectivity index (χ1v) is 9.01. The number of benzene rings is 3. The summed E-state index contributed by atoms with van der Waals surface area (Å²) in [7, 11) is 2.12. The highest BCUT2D eigenvalue weighted by atomic mass is 15.1. The molecule has 0 aromatic heterocycles. The fraction of sp³-hybridized carbons (Fsp3) is 0.167. The summed E-state index contributed by atoms with van der Waals surface area (Å²) in [5.74, 6) is 0. The molecule has 4 rings (SSSR count). The van der Waals surface area contributed by atoms with E-state index < -0.39 is 0 Å². The minimum absolute atomic E-state index is 1.05. The number of fused-ring (bicyclic) bond motifs is 1. The topological polar surface area (TPSA) is 3.24 Å². The molecule has 0 heterocycles. The van der Waals surface area contributed by atoms with Gasteiger partial charge >= 0.3 is 0 Å². The molecular formula is C24H25N. The van der Waals surface area contributed by atoms with Gasteiger partial charge in [0.2, 0.25) is 0 Å². The molecule has 1 aliphatic rings. The molecule has 1 nitrogen and oxygen atoms in total. The van der Waals surface area contributed by atoms with E-state index in [0.29, 0.717) is 0 Å². The SMILES string of the molecule is CC.CN(c1ccc(C2=CCC=C2)cc1)c1ccc2ccccc2c1. The lowest BCUT2D eigenvalue weighted by molar-refractivity contribution is 1.21. The second kappa shape index (κ2) is 7.85. The van der Waals surface area contributed by atoms with E-state index in [2.05, 4.69) is 96.9 Å². The lowest BCUT2D eigenvalue weighted by Gasteiger charge is -2.20. The molecule has 0 spiro atoms. The smallest absolute Gasteiger partial charge is 0.0414 e. The highest BCUT2D eigenvalue weighted by Gasteiger charge is 2.06. The number of hydrogen-bond acceptors (Lipinski definition) is 1. The van der Waals surface area contributed by atoms with Crippen molar-refractivity contribution in [3.05, 3.63) is 90.5 Å². The third-order valence-corrected chi connectivity index (χ3v) is 4.48. The molecule has 0 saturated carbocycles. The molecule has 0 amide bonds. The first-order chi connectivity index (χ1) is 12.3. The molecule has 25 heavy (non-hydrogen) atoms. The number of hydrogen-bond donors (Lipinski definition) is 0. The highest BCUT2D eigenvalue weighted by molar-refractivity contribution is 5.87. The Bertz CT molecular complexity index is 901. The van der Waals surface area contributed by atoms with Gasteiger partial charge in [-0.3, -0.25) is 0 Å². The zero-order valence-corrected chi connectivity index (χ0v) is 15.2. The van der Waals surface area contributed by atoms with Crippen molar-refractivity contribution < 1.29 is 0 Å². The van der Waals surface area contributed by atoms with Gasteiger partial charge in [0.05, 0.1) is 0 Å². The average molecular weight is 327 g/mol. The van der Waals surface area contributed by atoms with Gasteiger partial charge in [0.1, 0.15) is 0 Å². The van der Waals surface area contributed by atoms with Crippen LogP contribution in [0.2, 0.25) is 0 Å². The van der Waals surface area contributed by atoms with Gasteiger partial charge in [-0.05, 0) is 52.6 Å². The quantitative estimate of drug-likeness (QED) is 0.501. The Kier molecular flexibility index (Phi) is 5.35. The van der Waals surface area contributed by atoms with Crippen molar-refractivity contribution in [2.75, 3.05) is 11.9 Å².